The minimum absolute atomic E-state index is 0.0657. The summed E-state index contributed by atoms with van der Waals surface area (Å²) in [7, 11) is 1.52. The van der Waals surface area contributed by atoms with Crippen molar-refractivity contribution in [3.8, 4) is 10.9 Å². The summed E-state index contributed by atoms with van der Waals surface area (Å²) in [5.74, 6) is -1.08. The van der Waals surface area contributed by atoms with Crippen molar-refractivity contribution in [2.75, 3.05) is 12.0 Å². The molecule has 0 saturated carbocycles. The number of hydrogen-bond acceptors (Lipinski definition) is 6. The van der Waals surface area contributed by atoms with Crippen LogP contribution >= 0.6 is 11.3 Å². The molecule has 5 rings (SSSR count). The van der Waals surface area contributed by atoms with Crippen LogP contribution in [0.1, 0.15) is 23.6 Å². The van der Waals surface area contributed by atoms with Crippen molar-refractivity contribution in [2.45, 2.75) is 19.3 Å². The molecule has 31 heavy (non-hydrogen) atoms. The molecule has 2 aromatic carbocycles. The molecule has 1 N–H and O–H groups in total. The largest absolute Gasteiger partial charge is 0.497 e. The van der Waals surface area contributed by atoms with Gasteiger partial charge >= 0.3 is 0 Å². The van der Waals surface area contributed by atoms with Crippen LogP contribution in [0, 0.1) is 6.92 Å². The van der Waals surface area contributed by atoms with Gasteiger partial charge in [-0.05, 0) is 31.2 Å². The number of carbonyl (C=O) groups is 2. The van der Waals surface area contributed by atoms with Gasteiger partial charge in [0.1, 0.15) is 5.75 Å². The molecule has 1 unspecified atom stereocenters. The Hall–Kier alpha value is -3.72. The Kier molecular flexibility index (Phi) is 4.48. The number of para-hydroxylation sites is 1. The van der Waals surface area contributed by atoms with Gasteiger partial charge in [0, 0.05) is 18.2 Å². The first-order chi connectivity index (χ1) is 15.0. The van der Waals surface area contributed by atoms with Crippen molar-refractivity contribution in [2.24, 2.45) is 0 Å². The van der Waals surface area contributed by atoms with Gasteiger partial charge in [-0.1, -0.05) is 29.5 Å². The highest BCUT2D eigenvalue weighted by Crippen LogP contribution is 2.34. The maximum atomic E-state index is 13.2. The van der Waals surface area contributed by atoms with E-state index in [1.54, 1.807) is 31.2 Å². The summed E-state index contributed by atoms with van der Waals surface area (Å²) in [6.07, 6.45) is -0.0657. The topological polar surface area (TPSA) is 97.3 Å². The van der Waals surface area contributed by atoms with Crippen molar-refractivity contribution in [1.82, 2.24) is 14.8 Å². The van der Waals surface area contributed by atoms with E-state index in [1.165, 1.54) is 23.1 Å². The van der Waals surface area contributed by atoms with Crippen molar-refractivity contribution >= 4 is 39.1 Å². The lowest BCUT2D eigenvalue weighted by Gasteiger charge is -2.15. The number of ether oxygens (including phenoxy) is 1. The first-order valence-electron chi connectivity index (χ1n) is 9.66. The Labute approximate surface area is 180 Å². The third-order valence-electron chi connectivity index (χ3n) is 5.40. The number of methoxy groups -OCH3 is 1. The van der Waals surface area contributed by atoms with E-state index in [0.717, 1.165) is 15.1 Å². The molecule has 0 aliphatic carbocycles. The molecule has 2 amide bonds. The van der Waals surface area contributed by atoms with Gasteiger partial charge in [0.2, 0.25) is 16.9 Å². The summed E-state index contributed by atoms with van der Waals surface area (Å²) >= 11 is 1.38. The SMILES string of the molecule is COc1cccc(N2C(=O)CC(c3c(C)[nH]n(-c4nc5ccccc5s4)c3=O)C2=O)c1. The summed E-state index contributed by atoms with van der Waals surface area (Å²) < 4.78 is 7.50. The zero-order valence-corrected chi connectivity index (χ0v) is 17.6. The van der Waals surface area contributed by atoms with E-state index in [9.17, 15) is 14.4 Å². The number of fused-ring (bicyclic) bond motifs is 1. The van der Waals surface area contributed by atoms with E-state index >= 15 is 0 Å². The van der Waals surface area contributed by atoms with Crippen LogP contribution in [0.15, 0.2) is 53.3 Å². The molecule has 1 aliphatic heterocycles. The molecule has 0 radical (unpaired) electrons. The Morgan fingerprint density at radius 1 is 1.13 bits per heavy atom. The smallest absolute Gasteiger partial charge is 0.277 e. The normalized spacial score (nSPS) is 16.5. The van der Waals surface area contributed by atoms with Gasteiger partial charge < -0.3 is 4.74 Å². The van der Waals surface area contributed by atoms with Crippen molar-refractivity contribution < 1.29 is 14.3 Å². The molecule has 156 valence electrons. The summed E-state index contributed by atoms with van der Waals surface area (Å²) in [4.78, 5) is 44.8. The number of amides is 2. The average molecular weight is 434 g/mol. The number of nitrogens with zero attached hydrogens (tertiary/aromatic N) is 3. The maximum absolute atomic E-state index is 13.2. The monoisotopic (exact) mass is 434 g/mol. The highest BCUT2D eigenvalue weighted by molar-refractivity contribution is 7.20. The second kappa shape index (κ2) is 7.21. The highest BCUT2D eigenvalue weighted by atomic mass is 32.1. The van der Waals surface area contributed by atoms with Gasteiger partial charge in [-0.3, -0.25) is 19.5 Å². The first-order valence-corrected chi connectivity index (χ1v) is 10.5. The molecular weight excluding hydrogens is 416 g/mol. The quantitative estimate of drug-likeness (QED) is 0.498. The third-order valence-corrected chi connectivity index (χ3v) is 6.42. The van der Waals surface area contributed by atoms with E-state index in [2.05, 4.69) is 10.1 Å². The number of aromatic amines is 1. The summed E-state index contributed by atoms with van der Waals surface area (Å²) in [5.41, 5.74) is 1.69. The fourth-order valence-electron chi connectivity index (χ4n) is 3.94. The minimum Gasteiger partial charge on any atom is -0.497 e. The lowest BCUT2D eigenvalue weighted by atomic mass is 9.98. The maximum Gasteiger partial charge on any atom is 0.277 e. The number of H-pyrrole nitrogens is 1. The van der Waals surface area contributed by atoms with Crippen LogP contribution in [-0.2, 0) is 9.59 Å². The Balaban J connectivity index is 1.54. The van der Waals surface area contributed by atoms with Gasteiger partial charge in [-0.15, -0.1) is 0 Å². The second-order valence-corrected chi connectivity index (χ2v) is 8.29. The molecule has 1 saturated heterocycles. The van der Waals surface area contributed by atoms with Crippen molar-refractivity contribution in [3.05, 3.63) is 70.1 Å². The van der Waals surface area contributed by atoms with Gasteiger partial charge in [0.15, 0.2) is 0 Å². The molecule has 3 heterocycles. The van der Waals surface area contributed by atoms with Crippen LogP contribution < -0.4 is 15.2 Å². The fraction of sp³-hybridized carbons (Fsp3) is 0.182. The van der Waals surface area contributed by atoms with E-state index in [0.29, 0.717) is 27.8 Å². The van der Waals surface area contributed by atoms with Crippen molar-refractivity contribution in [1.29, 1.82) is 0 Å². The second-order valence-electron chi connectivity index (χ2n) is 7.28. The van der Waals surface area contributed by atoms with Crippen molar-refractivity contribution in [3.63, 3.8) is 0 Å². The summed E-state index contributed by atoms with van der Waals surface area (Å²) in [5, 5.41) is 3.51. The van der Waals surface area contributed by atoms with E-state index in [4.69, 9.17) is 4.74 Å². The summed E-state index contributed by atoms with van der Waals surface area (Å²) in [6, 6.07) is 14.4. The standard InChI is InChI=1S/C22H18N4O4S/c1-12-19(21(29)26(24-12)22-23-16-8-3-4-9-17(16)31-22)15-11-18(27)25(20(15)28)13-6-5-7-14(10-13)30-2/h3-10,15,24H,11H2,1-2H3. The highest BCUT2D eigenvalue weighted by Gasteiger charge is 2.43. The predicted molar refractivity (Wildman–Crippen MR) is 117 cm³/mol. The number of anilines is 1. The molecule has 9 heteroatoms. The molecule has 0 bridgehead atoms. The molecule has 1 atom stereocenters. The van der Waals surface area contributed by atoms with Gasteiger partial charge in [-0.25, -0.2) is 9.88 Å². The molecule has 8 nitrogen and oxygen atoms in total. The molecule has 1 fully saturated rings. The van der Waals surface area contributed by atoms with Crippen LogP contribution in [0.25, 0.3) is 15.3 Å². The van der Waals surface area contributed by atoms with E-state index in [-0.39, 0.29) is 17.9 Å². The minimum atomic E-state index is -0.849. The Morgan fingerprint density at radius 2 is 1.94 bits per heavy atom. The lowest BCUT2D eigenvalue weighted by Crippen LogP contribution is -2.31. The lowest BCUT2D eigenvalue weighted by molar-refractivity contribution is -0.121. The van der Waals surface area contributed by atoms with E-state index < -0.39 is 11.8 Å². The zero-order chi connectivity index (χ0) is 21.7. The number of aromatic nitrogens is 3. The Morgan fingerprint density at radius 3 is 2.71 bits per heavy atom. The first kappa shape index (κ1) is 19.3. The zero-order valence-electron chi connectivity index (χ0n) is 16.8. The number of hydrogen-bond donors (Lipinski definition) is 1. The third kappa shape index (κ3) is 3.05. The number of aryl methyl sites for hydroxylation is 1. The van der Waals surface area contributed by atoms with Crippen LogP contribution in [0.4, 0.5) is 5.69 Å². The number of rotatable bonds is 4. The number of benzene rings is 2. The van der Waals surface area contributed by atoms with Gasteiger partial charge in [0.25, 0.3) is 5.56 Å². The molecular formula is C22H18N4O4S. The number of imide groups is 1. The molecule has 1 aliphatic rings. The molecule has 2 aromatic heterocycles. The van der Waals surface area contributed by atoms with Crippen LogP contribution in [0.3, 0.4) is 0 Å². The molecule has 0 spiro atoms. The van der Waals surface area contributed by atoms with Crippen LogP contribution in [-0.4, -0.2) is 33.7 Å². The Bertz CT molecular complexity index is 1370. The fourth-order valence-corrected chi connectivity index (χ4v) is 4.86. The molecule has 4 aromatic rings. The van der Waals surface area contributed by atoms with E-state index in [1.807, 2.05) is 24.3 Å². The average Bonchev–Trinajstić information content (AvgIpc) is 3.41. The predicted octanol–water partition coefficient (Wildman–Crippen LogP) is 3.14. The summed E-state index contributed by atoms with van der Waals surface area (Å²) in [6.45, 7) is 1.73. The number of carbonyl (C=O) groups excluding carboxylic acids is 2. The van der Waals surface area contributed by atoms with Crippen LogP contribution in [0.5, 0.6) is 5.75 Å². The number of thiazole rings is 1. The number of nitrogens with one attached hydrogen (secondary N) is 1. The van der Waals surface area contributed by atoms with Gasteiger partial charge in [-0.2, -0.15) is 4.68 Å². The van der Waals surface area contributed by atoms with Gasteiger partial charge in [0.05, 0.1) is 34.5 Å². The van der Waals surface area contributed by atoms with Crippen LogP contribution in [0.2, 0.25) is 0 Å².